The molecule has 1 aromatic heterocycles. The predicted octanol–water partition coefficient (Wildman–Crippen LogP) is 5.32. The number of hydrogen-bond donors (Lipinski definition) is 1. The molecule has 1 heterocycles. The molecule has 4 nitrogen and oxygen atoms in total. The third kappa shape index (κ3) is 5.21. The fourth-order valence-corrected chi connectivity index (χ4v) is 4.16. The lowest BCUT2D eigenvalue weighted by Gasteiger charge is -2.06. The number of hydrogen-bond acceptors (Lipinski definition) is 5. The summed E-state index contributed by atoms with van der Waals surface area (Å²) in [4.78, 5) is 27.0. The minimum atomic E-state index is -0.421. The minimum Gasteiger partial charge on any atom is -0.462 e. The van der Waals surface area contributed by atoms with E-state index in [1.165, 1.54) is 23.1 Å². The maximum atomic E-state index is 12.4. The fourth-order valence-electron chi connectivity index (χ4n) is 2.43. The van der Waals surface area contributed by atoms with Crippen molar-refractivity contribution in [3.8, 4) is 10.4 Å². The van der Waals surface area contributed by atoms with Crippen molar-refractivity contribution in [3.63, 3.8) is 0 Å². The molecule has 0 aliphatic carbocycles. The van der Waals surface area contributed by atoms with Crippen LogP contribution in [0.4, 0.5) is 5.69 Å². The molecule has 27 heavy (non-hydrogen) atoms. The summed E-state index contributed by atoms with van der Waals surface area (Å²) < 4.78 is 5.14. The first-order chi connectivity index (χ1) is 13.2. The summed E-state index contributed by atoms with van der Waals surface area (Å²) in [5, 5.41) is 2.86. The quantitative estimate of drug-likeness (QED) is 0.433. The van der Waals surface area contributed by atoms with Gasteiger partial charge in [-0.05, 0) is 30.7 Å². The molecule has 6 heteroatoms. The zero-order valence-electron chi connectivity index (χ0n) is 14.8. The fraction of sp³-hybridized carbons (Fsp3) is 0.143. The highest BCUT2D eigenvalue weighted by atomic mass is 32.2. The average Bonchev–Trinajstić information content (AvgIpc) is 3.12. The van der Waals surface area contributed by atoms with E-state index in [0.29, 0.717) is 10.6 Å². The predicted molar refractivity (Wildman–Crippen MR) is 112 cm³/mol. The second kappa shape index (κ2) is 9.39. The molecule has 0 unspecified atom stereocenters. The largest absolute Gasteiger partial charge is 0.462 e. The number of benzene rings is 2. The van der Waals surface area contributed by atoms with Gasteiger partial charge in [0.25, 0.3) is 0 Å². The van der Waals surface area contributed by atoms with E-state index in [0.717, 1.165) is 15.3 Å². The lowest BCUT2D eigenvalue weighted by atomic mass is 10.2. The Kier molecular flexibility index (Phi) is 6.68. The first kappa shape index (κ1) is 19.2. The third-order valence-electron chi connectivity index (χ3n) is 3.64. The van der Waals surface area contributed by atoms with E-state index in [2.05, 4.69) is 5.32 Å². The van der Waals surface area contributed by atoms with Crippen LogP contribution >= 0.6 is 23.1 Å². The first-order valence-electron chi connectivity index (χ1n) is 8.51. The summed E-state index contributed by atoms with van der Waals surface area (Å²) in [5.74, 6) is -0.314. The maximum absolute atomic E-state index is 12.4. The molecule has 3 rings (SSSR count). The monoisotopic (exact) mass is 397 g/mol. The highest BCUT2D eigenvalue weighted by Gasteiger charge is 2.20. The van der Waals surface area contributed by atoms with E-state index in [9.17, 15) is 9.59 Å². The number of anilines is 1. The summed E-state index contributed by atoms with van der Waals surface area (Å²) in [5.41, 5.74) is 1.49. The smallest absolute Gasteiger partial charge is 0.350 e. The van der Waals surface area contributed by atoms with Crippen LogP contribution in [-0.4, -0.2) is 24.2 Å². The molecule has 0 atom stereocenters. The van der Waals surface area contributed by atoms with Crippen molar-refractivity contribution in [2.45, 2.75) is 11.8 Å². The van der Waals surface area contributed by atoms with Gasteiger partial charge in [-0.2, -0.15) is 0 Å². The van der Waals surface area contributed by atoms with Crippen molar-refractivity contribution in [2.24, 2.45) is 0 Å². The van der Waals surface area contributed by atoms with Crippen LogP contribution in [0.2, 0.25) is 0 Å². The molecule has 0 saturated heterocycles. The lowest BCUT2D eigenvalue weighted by molar-refractivity contribution is -0.113. The SMILES string of the molecule is CCOC(=O)c1sc(-c2ccccc2)cc1NC(=O)CSc1ccccc1. The number of amides is 1. The topological polar surface area (TPSA) is 55.4 Å². The average molecular weight is 398 g/mol. The van der Waals surface area contributed by atoms with Gasteiger partial charge in [0.2, 0.25) is 5.91 Å². The van der Waals surface area contributed by atoms with Gasteiger partial charge < -0.3 is 10.1 Å². The number of thiophene rings is 1. The zero-order chi connectivity index (χ0) is 19.1. The molecule has 1 amide bonds. The van der Waals surface area contributed by atoms with Crippen LogP contribution in [0.15, 0.2) is 71.6 Å². The number of carbonyl (C=O) groups is 2. The van der Waals surface area contributed by atoms with Crippen molar-refractivity contribution >= 4 is 40.7 Å². The van der Waals surface area contributed by atoms with Gasteiger partial charge in [0.15, 0.2) is 0 Å². The molecule has 0 spiro atoms. The Balaban J connectivity index is 1.77. The molecule has 0 radical (unpaired) electrons. The highest BCUT2D eigenvalue weighted by Crippen LogP contribution is 2.35. The molecular weight excluding hydrogens is 378 g/mol. The second-order valence-electron chi connectivity index (χ2n) is 5.59. The Morgan fingerprint density at radius 1 is 1.04 bits per heavy atom. The van der Waals surface area contributed by atoms with Gasteiger partial charge in [-0.3, -0.25) is 4.79 Å². The molecule has 0 aliphatic rings. The van der Waals surface area contributed by atoms with E-state index >= 15 is 0 Å². The summed E-state index contributed by atoms with van der Waals surface area (Å²) in [6.07, 6.45) is 0. The van der Waals surface area contributed by atoms with Gasteiger partial charge >= 0.3 is 5.97 Å². The lowest BCUT2D eigenvalue weighted by Crippen LogP contribution is -2.16. The van der Waals surface area contributed by atoms with Crippen molar-refractivity contribution < 1.29 is 14.3 Å². The number of thioether (sulfide) groups is 1. The van der Waals surface area contributed by atoms with Crippen molar-refractivity contribution in [1.82, 2.24) is 0 Å². The molecule has 0 saturated carbocycles. The molecule has 0 bridgehead atoms. The van der Waals surface area contributed by atoms with Gasteiger partial charge in [-0.15, -0.1) is 23.1 Å². The Morgan fingerprint density at radius 3 is 2.37 bits per heavy atom. The summed E-state index contributed by atoms with van der Waals surface area (Å²) in [6, 6.07) is 21.3. The van der Waals surface area contributed by atoms with Crippen LogP contribution in [0.5, 0.6) is 0 Å². The van der Waals surface area contributed by atoms with E-state index in [-0.39, 0.29) is 18.3 Å². The minimum absolute atomic E-state index is 0.160. The normalized spacial score (nSPS) is 10.4. The number of nitrogens with one attached hydrogen (secondary N) is 1. The van der Waals surface area contributed by atoms with Gasteiger partial charge in [-0.1, -0.05) is 48.5 Å². The summed E-state index contributed by atoms with van der Waals surface area (Å²) in [7, 11) is 0. The highest BCUT2D eigenvalue weighted by molar-refractivity contribution is 8.00. The number of rotatable bonds is 7. The Morgan fingerprint density at radius 2 is 1.70 bits per heavy atom. The molecule has 0 fully saturated rings. The first-order valence-corrected chi connectivity index (χ1v) is 10.3. The van der Waals surface area contributed by atoms with E-state index < -0.39 is 5.97 Å². The van der Waals surface area contributed by atoms with E-state index in [1.807, 2.05) is 66.7 Å². The van der Waals surface area contributed by atoms with E-state index in [4.69, 9.17) is 4.74 Å². The van der Waals surface area contributed by atoms with Crippen LogP contribution in [0, 0.1) is 0 Å². The standard InChI is InChI=1S/C21H19NO3S2/c1-2-25-21(24)20-17(13-18(27-20)15-9-5-3-6-10-15)22-19(23)14-26-16-11-7-4-8-12-16/h3-13H,2,14H2,1H3,(H,22,23). The molecule has 138 valence electrons. The molecule has 0 aliphatic heterocycles. The van der Waals surface area contributed by atoms with Crippen molar-refractivity contribution in [3.05, 3.63) is 71.6 Å². The van der Waals surface area contributed by atoms with Crippen LogP contribution < -0.4 is 5.32 Å². The Bertz CT molecular complexity index is 908. The molecule has 2 aromatic carbocycles. The summed E-state index contributed by atoms with van der Waals surface area (Å²) in [6.45, 7) is 2.05. The third-order valence-corrected chi connectivity index (χ3v) is 5.81. The molecule has 3 aromatic rings. The van der Waals surface area contributed by atoms with Crippen LogP contribution in [0.3, 0.4) is 0 Å². The number of carbonyl (C=O) groups excluding carboxylic acids is 2. The number of esters is 1. The Hall–Kier alpha value is -2.57. The van der Waals surface area contributed by atoms with Gasteiger partial charge in [0.1, 0.15) is 4.88 Å². The van der Waals surface area contributed by atoms with Crippen molar-refractivity contribution in [2.75, 3.05) is 17.7 Å². The molecular formula is C21H19NO3S2. The van der Waals surface area contributed by atoms with Gasteiger partial charge in [0, 0.05) is 9.77 Å². The number of ether oxygens (including phenoxy) is 1. The maximum Gasteiger partial charge on any atom is 0.350 e. The van der Waals surface area contributed by atoms with Crippen molar-refractivity contribution in [1.29, 1.82) is 0 Å². The van der Waals surface area contributed by atoms with E-state index in [1.54, 1.807) is 6.92 Å². The van der Waals surface area contributed by atoms with Crippen LogP contribution in [0.1, 0.15) is 16.6 Å². The van der Waals surface area contributed by atoms with Crippen LogP contribution in [0.25, 0.3) is 10.4 Å². The van der Waals surface area contributed by atoms with Gasteiger partial charge in [-0.25, -0.2) is 4.79 Å². The second-order valence-corrected chi connectivity index (χ2v) is 7.69. The van der Waals surface area contributed by atoms with Gasteiger partial charge in [0.05, 0.1) is 18.0 Å². The van der Waals surface area contributed by atoms with Crippen LogP contribution in [-0.2, 0) is 9.53 Å². The zero-order valence-corrected chi connectivity index (χ0v) is 16.4. The Labute approximate surface area is 166 Å². The summed E-state index contributed by atoms with van der Waals surface area (Å²) >= 11 is 2.77. The molecule has 1 N–H and O–H groups in total.